The van der Waals surface area contributed by atoms with Gasteiger partial charge in [0, 0.05) is 12.1 Å². The SMILES string of the molecule is O=C(Oc1ccc2c(c1)O/C(=C\c1ccco1)C2=O)c1ccccc1Cl. The summed E-state index contributed by atoms with van der Waals surface area (Å²) in [6.45, 7) is 0. The molecule has 5 nitrogen and oxygen atoms in total. The van der Waals surface area contributed by atoms with Crippen molar-refractivity contribution in [3.05, 3.63) is 88.5 Å². The van der Waals surface area contributed by atoms with Gasteiger partial charge in [0.1, 0.15) is 17.3 Å². The van der Waals surface area contributed by atoms with E-state index in [9.17, 15) is 9.59 Å². The largest absolute Gasteiger partial charge is 0.465 e. The molecule has 0 unspecified atom stereocenters. The monoisotopic (exact) mass is 366 g/mol. The van der Waals surface area contributed by atoms with E-state index in [-0.39, 0.29) is 22.9 Å². The highest BCUT2D eigenvalue weighted by molar-refractivity contribution is 6.33. The molecule has 0 N–H and O–H groups in total. The molecular formula is C20H11ClO5. The highest BCUT2D eigenvalue weighted by Gasteiger charge is 2.28. The minimum atomic E-state index is -0.591. The second-order valence-electron chi connectivity index (χ2n) is 5.48. The van der Waals surface area contributed by atoms with E-state index in [1.165, 1.54) is 24.5 Å². The number of hydrogen-bond donors (Lipinski definition) is 0. The predicted octanol–water partition coefficient (Wildman–Crippen LogP) is 4.77. The molecule has 1 aliphatic rings. The maximum absolute atomic E-state index is 12.4. The number of carbonyl (C=O) groups is 2. The lowest BCUT2D eigenvalue weighted by Crippen LogP contribution is -2.09. The topological polar surface area (TPSA) is 65.7 Å². The van der Waals surface area contributed by atoms with Crippen LogP contribution in [0, 0.1) is 0 Å². The summed E-state index contributed by atoms with van der Waals surface area (Å²) in [5.41, 5.74) is 0.644. The third kappa shape index (κ3) is 3.00. The van der Waals surface area contributed by atoms with Gasteiger partial charge in [-0.25, -0.2) is 4.79 Å². The van der Waals surface area contributed by atoms with Crippen LogP contribution in [0.3, 0.4) is 0 Å². The van der Waals surface area contributed by atoms with Gasteiger partial charge in [-0.2, -0.15) is 0 Å². The van der Waals surface area contributed by atoms with Crippen molar-refractivity contribution in [1.29, 1.82) is 0 Å². The van der Waals surface area contributed by atoms with Gasteiger partial charge in [0.05, 0.1) is 22.4 Å². The van der Waals surface area contributed by atoms with E-state index < -0.39 is 5.97 Å². The van der Waals surface area contributed by atoms with Crippen LogP contribution in [0.4, 0.5) is 0 Å². The fourth-order valence-electron chi connectivity index (χ4n) is 2.52. The van der Waals surface area contributed by atoms with E-state index in [4.69, 9.17) is 25.5 Å². The zero-order valence-corrected chi connectivity index (χ0v) is 14.0. The molecule has 0 fully saturated rings. The summed E-state index contributed by atoms with van der Waals surface area (Å²) in [5, 5.41) is 0.300. The lowest BCUT2D eigenvalue weighted by molar-refractivity contribution is 0.0734. The van der Waals surface area contributed by atoms with Gasteiger partial charge in [-0.15, -0.1) is 0 Å². The van der Waals surface area contributed by atoms with E-state index in [0.29, 0.717) is 22.1 Å². The number of furan rings is 1. The fraction of sp³-hybridized carbons (Fsp3) is 0. The molecule has 26 heavy (non-hydrogen) atoms. The number of Topliss-reactive ketones (excluding diaryl/α,β-unsaturated/α-hetero) is 1. The summed E-state index contributed by atoms with van der Waals surface area (Å²) < 4.78 is 16.1. The van der Waals surface area contributed by atoms with Crippen LogP contribution in [0.1, 0.15) is 26.5 Å². The molecule has 0 saturated heterocycles. The van der Waals surface area contributed by atoms with Gasteiger partial charge in [0.2, 0.25) is 5.78 Å². The van der Waals surface area contributed by atoms with Crippen molar-refractivity contribution in [3.8, 4) is 11.5 Å². The first-order chi connectivity index (χ1) is 12.6. The number of fused-ring (bicyclic) bond motifs is 1. The number of benzene rings is 2. The normalized spacial score (nSPS) is 14.2. The predicted molar refractivity (Wildman–Crippen MR) is 94.5 cm³/mol. The van der Waals surface area contributed by atoms with Crippen molar-refractivity contribution >= 4 is 29.4 Å². The molecule has 0 aliphatic carbocycles. The quantitative estimate of drug-likeness (QED) is 0.379. The minimum Gasteiger partial charge on any atom is -0.465 e. The van der Waals surface area contributed by atoms with Gasteiger partial charge in [-0.05, 0) is 36.4 Å². The first-order valence-corrected chi connectivity index (χ1v) is 8.08. The molecule has 2 aromatic carbocycles. The Balaban J connectivity index is 1.57. The highest BCUT2D eigenvalue weighted by Crippen LogP contribution is 2.35. The van der Waals surface area contributed by atoms with Gasteiger partial charge in [-0.3, -0.25) is 4.79 Å². The summed E-state index contributed by atoms with van der Waals surface area (Å²) in [4.78, 5) is 24.6. The molecule has 1 aliphatic heterocycles. The number of ketones is 1. The van der Waals surface area contributed by atoms with Gasteiger partial charge in [0.15, 0.2) is 5.76 Å². The Bertz CT molecular complexity index is 1030. The zero-order chi connectivity index (χ0) is 18.1. The molecule has 3 aromatic rings. The first-order valence-electron chi connectivity index (χ1n) is 7.70. The highest BCUT2D eigenvalue weighted by atomic mass is 35.5. The molecule has 4 rings (SSSR count). The standard InChI is InChI=1S/C20H11ClO5/c21-16-6-2-1-5-14(16)20(23)25-13-7-8-15-17(11-13)26-18(19(15)22)10-12-4-3-9-24-12/h1-11H/b18-10-. The van der Waals surface area contributed by atoms with Gasteiger partial charge < -0.3 is 13.9 Å². The third-order valence-corrected chi connectivity index (χ3v) is 4.09. The Kier molecular flexibility index (Phi) is 4.07. The molecular weight excluding hydrogens is 356 g/mol. The van der Waals surface area contributed by atoms with E-state index in [1.54, 1.807) is 42.5 Å². The van der Waals surface area contributed by atoms with Crippen molar-refractivity contribution in [2.45, 2.75) is 0 Å². The van der Waals surface area contributed by atoms with Crippen LogP contribution >= 0.6 is 11.6 Å². The van der Waals surface area contributed by atoms with Crippen LogP contribution in [-0.2, 0) is 0 Å². The van der Waals surface area contributed by atoms with Crippen LogP contribution in [0.25, 0.3) is 6.08 Å². The van der Waals surface area contributed by atoms with Gasteiger partial charge in [-0.1, -0.05) is 23.7 Å². The molecule has 0 atom stereocenters. The van der Waals surface area contributed by atoms with Crippen molar-refractivity contribution in [2.75, 3.05) is 0 Å². The first kappa shape index (κ1) is 16.2. The van der Waals surface area contributed by atoms with Crippen LogP contribution in [0.5, 0.6) is 11.5 Å². The molecule has 0 amide bonds. The van der Waals surface area contributed by atoms with Crippen LogP contribution in [-0.4, -0.2) is 11.8 Å². The molecule has 1 aromatic heterocycles. The van der Waals surface area contributed by atoms with Crippen molar-refractivity contribution in [3.63, 3.8) is 0 Å². The van der Waals surface area contributed by atoms with E-state index >= 15 is 0 Å². The van der Waals surface area contributed by atoms with Crippen molar-refractivity contribution in [2.24, 2.45) is 0 Å². The van der Waals surface area contributed by atoms with Crippen LogP contribution in [0.15, 0.2) is 71.0 Å². The van der Waals surface area contributed by atoms with Gasteiger partial charge >= 0.3 is 5.97 Å². The van der Waals surface area contributed by atoms with Crippen molar-refractivity contribution in [1.82, 2.24) is 0 Å². The summed E-state index contributed by atoms with van der Waals surface area (Å²) in [7, 11) is 0. The van der Waals surface area contributed by atoms with Crippen LogP contribution < -0.4 is 9.47 Å². The minimum absolute atomic E-state index is 0.143. The van der Waals surface area contributed by atoms with E-state index in [1.807, 2.05) is 0 Å². The Morgan fingerprint density at radius 1 is 1.08 bits per heavy atom. The Hall–Kier alpha value is -3.31. The lowest BCUT2D eigenvalue weighted by Gasteiger charge is -2.06. The maximum Gasteiger partial charge on any atom is 0.345 e. The lowest BCUT2D eigenvalue weighted by atomic mass is 10.1. The Morgan fingerprint density at radius 3 is 2.69 bits per heavy atom. The van der Waals surface area contributed by atoms with Crippen molar-refractivity contribution < 1.29 is 23.5 Å². The third-order valence-electron chi connectivity index (χ3n) is 3.76. The molecule has 0 bridgehead atoms. The number of carbonyl (C=O) groups excluding carboxylic acids is 2. The fourth-order valence-corrected chi connectivity index (χ4v) is 2.73. The average molecular weight is 367 g/mol. The average Bonchev–Trinajstić information content (AvgIpc) is 3.24. The Labute approximate surface area is 153 Å². The Morgan fingerprint density at radius 2 is 1.92 bits per heavy atom. The summed E-state index contributed by atoms with van der Waals surface area (Å²) in [6.07, 6.45) is 3.02. The van der Waals surface area contributed by atoms with Gasteiger partial charge in [0.25, 0.3) is 0 Å². The van der Waals surface area contributed by atoms with E-state index in [0.717, 1.165) is 0 Å². The summed E-state index contributed by atoms with van der Waals surface area (Å²) in [5.74, 6) is 0.362. The summed E-state index contributed by atoms with van der Waals surface area (Å²) in [6, 6.07) is 14.6. The second-order valence-corrected chi connectivity index (χ2v) is 5.89. The molecule has 6 heteroatoms. The van der Waals surface area contributed by atoms with Crippen LogP contribution in [0.2, 0.25) is 5.02 Å². The number of halogens is 1. The maximum atomic E-state index is 12.4. The smallest absolute Gasteiger partial charge is 0.345 e. The summed E-state index contributed by atoms with van der Waals surface area (Å²) >= 11 is 6.00. The van der Waals surface area contributed by atoms with E-state index in [2.05, 4.69) is 0 Å². The molecule has 128 valence electrons. The molecule has 2 heterocycles. The number of ether oxygens (including phenoxy) is 2. The molecule has 0 saturated carbocycles. The number of allylic oxidation sites excluding steroid dienone is 1. The zero-order valence-electron chi connectivity index (χ0n) is 13.3. The molecule has 0 radical (unpaired) electrons. The second kappa shape index (κ2) is 6.54. The number of rotatable bonds is 3. The molecule has 0 spiro atoms. The number of hydrogen-bond acceptors (Lipinski definition) is 5. The number of esters is 1.